The van der Waals surface area contributed by atoms with Crippen LogP contribution in [0, 0.1) is 0 Å². The number of rotatable bonds is 3. The van der Waals surface area contributed by atoms with Crippen LogP contribution < -0.4 is 16.2 Å². The molecule has 3 aromatic rings. The van der Waals surface area contributed by atoms with Crippen molar-refractivity contribution in [3.63, 3.8) is 0 Å². The van der Waals surface area contributed by atoms with Crippen LogP contribution in [0.15, 0.2) is 41.3 Å². The van der Waals surface area contributed by atoms with Gasteiger partial charge in [0.25, 0.3) is 5.56 Å². The molecule has 128 valence electrons. The first-order valence-electron chi connectivity index (χ1n) is 8.33. The predicted octanol–water partition coefficient (Wildman–Crippen LogP) is 2.80. The standard InChI is InChI=1S/C18H18ClN5O/c19-15-4-2-1-3-13(15)14-9-11-10-21-18(24-16(11)23-17(14)25)22-12-5-7-20-8-6-12/h1-4,9-10,12,20H,5-8H2,(H2,21,22,23,24,25). The van der Waals surface area contributed by atoms with E-state index in [1.165, 1.54) is 0 Å². The molecule has 0 saturated carbocycles. The van der Waals surface area contributed by atoms with Crippen molar-refractivity contribution in [2.45, 2.75) is 18.9 Å². The van der Waals surface area contributed by atoms with Crippen LogP contribution in [0.25, 0.3) is 22.2 Å². The van der Waals surface area contributed by atoms with Gasteiger partial charge in [0, 0.05) is 33.8 Å². The van der Waals surface area contributed by atoms with Gasteiger partial charge in [0.05, 0.1) is 0 Å². The number of nitrogens with one attached hydrogen (secondary N) is 3. The van der Waals surface area contributed by atoms with E-state index in [2.05, 4.69) is 25.6 Å². The van der Waals surface area contributed by atoms with Gasteiger partial charge in [-0.3, -0.25) is 4.79 Å². The minimum Gasteiger partial charge on any atom is -0.351 e. The van der Waals surface area contributed by atoms with Crippen LogP contribution in [0.5, 0.6) is 0 Å². The maximum atomic E-state index is 12.5. The number of H-pyrrole nitrogens is 1. The van der Waals surface area contributed by atoms with Crippen molar-refractivity contribution >= 4 is 28.6 Å². The summed E-state index contributed by atoms with van der Waals surface area (Å²) in [5, 5.41) is 7.98. The van der Waals surface area contributed by atoms with Gasteiger partial charge in [0.2, 0.25) is 5.95 Å². The third kappa shape index (κ3) is 3.36. The van der Waals surface area contributed by atoms with Crippen LogP contribution in [0.4, 0.5) is 5.95 Å². The van der Waals surface area contributed by atoms with Crippen LogP contribution in [0.2, 0.25) is 5.02 Å². The molecule has 1 aliphatic heterocycles. The van der Waals surface area contributed by atoms with Crippen molar-refractivity contribution in [2.24, 2.45) is 0 Å². The van der Waals surface area contributed by atoms with Crippen LogP contribution in [0.1, 0.15) is 12.8 Å². The van der Waals surface area contributed by atoms with Crippen LogP contribution in [0.3, 0.4) is 0 Å². The van der Waals surface area contributed by atoms with Crippen LogP contribution in [-0.4, -0.2) is 34.1 Å². The van der Waals surface area contributed by atoms with Gasteiger partial charge in [-0.05, 0) is 38.1 Å². The number of hydrogen-bond donors (Lipinski definition) is 3. The fourth-order valence-corrected chi connectivity index (χ4v) is 3.33. The highest BCUT2D eigenvalue weighted by atomic mass is 35.5. The maximum Gasteiger partial charge on any atom is 0.257 e. The topological polar surface area (TPSA) is 82.7 Å². The minimum atomic E-state index is -0.216. The molecule has 1 aromatic carbocycles. The molecule has 3 heterocycles. The molecule has 4 rings (SSSR count). The third-order valence-corrected chi connectivity index (χ3v) is 4.76. The lowest BCUT2D eigenvalue weighted by Crippen LogP contribution is -2.35. The highest BCUT2D eigenvalue weighted by Crippen LogP contribution is 2.26. The molecule has 0 aliphatic carbocycles. The van der Waals surface area contributed by atoms with E-state index in [-0.39, 0.29) is 5.56 Å². The van der Waals surface area contributed by atoms with Crippen molar-refractivity contribution in [3.05, 3.63) is 51.9 Å². The summed E-state index contributed by atoms with van der Waals surface area (Å²) in [5.74, 6) is 0.542. The molecule has 1 aliphatic rings. The number of pyridine rings is 1. The second-order valence-electron chi connectivity index (χ2n) is 6.16. The number of hydrogen-bond acceptors (Lipinski definition) is 5. The predicted molar refractivity (Wildman–Crippen MR) is 100 cm³/mol. The molecule has 3 N–H and O–H groups in total. The fourth-order valence-electron chi connectivity index (χ4n) is 3.09. The largest absolute Gasteiger partial charge is 0.351 e. The second-order valence-corrected chi connectivity index (χ2v) is 6.57. The summed E-state index contributed by atoms with van der Waals surface area (Å²) in [6.07, 6.45) is 3.79. The molecule has 0 atom stereocenters. The zero-order valence-electron chi connectivity index (χ0n) is 13.6. The SMILES string of the molecule is O=c1[nH]c2nc(NC3CCNCC3)ncc2cc1-c1ccccc1Cl. The van der Waals surface area contributed by atoms with E-state index in [0.29, 0.717) is 33.8 Å². The van der Waals surface area contributed by atoms with Gasteiger partial charge >= 0.3 is 0 Å². The molecule has 25 heavy (non-hydrogen) atoms. The number of anilines is 1. The van der Waals surface area contributed by atoms with E-state index in [1.807, 2.05) is 18.2 Å². The van der Waals surface area contributed by atoms with Gasteiger partial charge in [-0.25, -0.2) is 4.98 Å². The van der Waals surface area contributed by atoms with Gasteiger partial charge in [-0.2, -0.15) is 4.98 Å². The van der Waals surface area contributed by atoms with Crippen LogP contribution >= 0.6 is 11.6 Å². The monoisotopic (exact) mass is 355 g/mol. The van der Waals surface area contributed by atoms with Gasteiger partial charge in [-0.1, -0.05) is 29.8 Å². The van der Waals surface area contributed by atoms with Gasteiger partial charge < -0.3 is 15.6 Å². The Morgan fingerprint density at radius 2 is 1.96 bits per heavy atom. The van der Waals surface area contributed by atoms with Crippen LogP contribution in [-0.2, 0) is 0 Å². The molecule has 1 saturated heterocycles. The summed E-state index contributed by atoms with van der Waals surface area (Å²) < 4.78 is 0. The Labute approximate surface area is 149 Å². The Morgan fingerprint density at radius 3 is 2.76 bits per heavy atom. The molecular formula is C18H18ClN5O. The van der Waals surface area contributed by atoms with E-state index >= 15 is 0 Å². The number of halogens is 1. The van der Waals surface area contributed by atoms with Crippen molar-refractivity contribution < 1.29 is 0 Å². The number of piperidine rings is 1. The second kappa shape index (κ2) is 6.82. The first-order valence-corrected chi connectivity index (χ1v) is 8.71. The average Bonchev–Trinajstić information content (AvgIpc) is 2.63. The molecule has 0 radical (unpaired) electrons. The summed E-state index contributed by atoms with van der Waals surface area (Å²) in [7, 11) is 0. The zero-order valence-corrected chi connectivity index (χ0v) is 14.3. The Morgan fingerprint density at radius 1 is 1.16 bits per heavy atom. The first kappa shape index (κ1) is 16.1. The number of benzene rings is 1. The maximum absolute atomic E-state index is 12.5. The molecule has 0 bridgehead atoms. The van der Waals surface area contributed by atoms with E-state index in [9.17, 15) is 4.79 Å². The highest BCUT2D eigenvalue weighted by Gasteiger charge is 2.15. The molecule has 7 heteroatoms. The minimum absolute atomic E-state index is 0.216. The van der Waals surface area contributed by atoms with Crippen molar-refractivity contribution in [3.8, 4) is 11.1 Å². The first-order chi connectivity index (χ1) is 12.2. The summed E-state index contributed by atoms with van der Waals surface area (Å²) in [6, 6.07) is 9.42. The van der Waals surface area contributed by atoms with E-state index in [1.54, 1.807) is 18.3 Å². The molecule has 1 fully saturated rings. The quantitative estimate of drug-likeness (QED) is 0.673. The lowest BCUT2D eigenvalue weighted by atomic mass is 10.1. The number of fused-ring (bicyclic) bond motifs is 1. The zero-order chi connectivity index (χ0) is 17.2. The Bertz CT molecular complexity index is 965. The number of aromatic amines is 1. The van der Waals surface area contributed by atoms with Gasteiger partial charge in [0.15, 0.2) is 0 Å². The van der Waals surface area contributed by atoms with E-state index in [4.69, 9.17) is 11.6 Å². The number of aromatic nitrogens is 3. The fraction of sp³-hybridized carbons (Fsp3) is 0.278. The van der Waals surface area contributed by atoms with Crippen molar-refractivity contribution in [1.29, 1.82) is 0 Å². The molecular weight excluding hydrogens is 338 g/mol. The molecule has 0 amide bonds. The molecule has 0 unspecified atom stereocenters. The summed E-state index contributed by atoms with van der Waals surface area (Å²) >= 11 is 6.22. The van der Waals surface area contributed by atoms with E-state index in [0.717, 1.165) is 31.3 Å². The van der Waals surface area contributed by atoms with Gasteiger partial charge in [-0.15, -0.1) is 0 Å². The highest BCUT2D eigenvalue weighted by molar-refractivity contribution is 6.33. The smallest absolute Gasteiger partial charge is 0.257 e. The van der Waals surface area contributed by atoms with Crippen molar-refractivity contribution in [1.82, 2.24) is 20.3 Å². The third-order valence-electron chi connectivity index (χ3n) is 4.43. The van der Waals surface area contributed by atoms with Crippen molar-refractivity contribution in [2.75, 3.05) is 18.4 Å². The number of nitrogens with zero attached hydrogens (tertiary/aromatic N) is 2. The average molecular weight is 356 g/mol. The molecule has 2 aromatic heterocycles. The Hall–Kier alpha value is -2.44. The lowest BCUT2D eigenvalue weighted by Gasteiger charge is -2.23. The Balaban J connectivity index is 1.69. The van der Waals surface area contributed by atoms with Gasteiger partial charge in [0.1, 0.15) is 5.65 Å². The lowest BCUT2D eigenvalue weighted by molar-refractivity contribution is 0.477. The molecule has 0 spiro atoms. The van der Waals surface area contributed by atoms with E-state index < -0.39 is 0 Å². The Kier molecular flexibility index (Phi) is 4.38. The molecule has 6 nitrogen and oxygen atoms in total. The summed E-state index contributed by atoms with van der Waals surface area (Å²) in [5.41, 5.74) is 1.52. The normalized spacial score (nSPS) is 15.4. The summed E-state index contributed by atoms with van der Waals surface area (Å²) in [4.78, 5) is 24.2. The summed E-state index contributed by atoms with van der Waals surface area (Å²) in [6.45, 7) is 1.98.